The van der Waals surface area contributed by atoms with Gasteiger partial charge in [-0.1, -0.05) is 19.9 Å². The second kappa shape index (κ2) is 7.63. The Hall–Kier alpha value is -1.77. The molecule has 1 aromatic rings. The van der Waals surface area contributed by atoms with E-state index in [0.717, 1.165) is 13.2 Å². The van der Waals surface area contributed by atoms with Crippen molar-refractivity contribution in [2.24, 2.45) is 11.7 Å². The van der Waals surface area contributed by atoms with Crippen LogP contribution in [0.1, 0.15) is 42.9 Å². The average Bonchev–Trinajstić information content (AvgIpc) is 2.50. The first-order valence-corrected chi connectivity index (χ1v) is 7.41. The highest BCUT2D eigenvalue weighted by molar-refractivity contribution is 5.75. The molecule has 3 nitrogen and oxygen atoms in total. The second-order valence-corrected chi connectivity index (χ2v) is 5.89. The van der Waals surface area contributed by atoms with Crippen molar-refractivity contribution in [2.75, 3.05) is 7.11 Å². The standard InChI is InChI=1S/C16H19F6NO2/c1-8(7-12(23)14(24)25-3)9(2)13-10(15(17,18)19)5-4-6-11(13)16(20,21)22/h4-6,8-9,12H,7,23H2,1-3H3. The van der Waals surface area contributed by atoms with E-state index < -0.39 is 52.9 Å². The minimum Gasteiger partial charge on any atom is -0.468 e. The number of ether oxygens (including phenoxy) is 1. The third kappa shape index (κ3) is 5.10. The molecule has 9 heteroatoms. The van der Waals surface area contributed by atoms with Gasteiger partial charge in [0.15, 0.2) is 0 Å². The van der Waals surface area contributed by atoms with Crippen LogP contribution in [0.5, 0.6) is 0 Å². The highest BCUT2D eigenvalue weighted by atomic mass is 19.4. The average molecular weight is 371 g/mol. The molecule has 0 amide bonds. The monoisotopic (exact) mass is 371 g/mol. The van der Waals surface area contributed by atoms with Crippen LogP contribution < -0.4 is 5.73 Å². The molecular formula is C16H19F6NO2. The summed E-state index contributed by atoms with van der Waals surface area (Å²) in [6.07, 6.45) is -9.98. The lowest BCUT2D eigenvalue weighted by Gasteiger charge is -2.28. The Labute approximate surface area is 141 Å². The van der Waals surface area contributed by atoms with Gasteiger partial charge in [-0.25, -0.2) is 0 Å². The molecule has 2 N–H and O–H groups in total. The summed E-state index contributed by atoms with van der Waals surface area (Å²) in [5, 5.41) is 0. The van der Waals surface area contributed by atoms with Crippen LogP contribution in [0.15, 0.2) is 18.2 Å². The number of carbonyl (C=O) groups excluding carboxylic acids is 1. The lowest BCUT2D eigenvalue weighted by atomic mass is 9.80. The van der Waals surface area contributed by atoms with Gasteiger partial charge in [-0.15, -0.1) is 0 Å². The molecular weight excluding hydrogens is 352 g/mol. The molecule has 0 saturated heterocycles. The molecule has 0 heterocycles. The van der Waals surface area contributed by atoms with E-state index in [2.05, 4.69) is 4.74 Å². The fraction of sp³-hybridized carbons (Fsp3) is 0.562. The second-order valence-electron chi connectivity index (χ2n) is 5.89. The molecule has 0 spiro atoms. The fourth-order valence-corrected chi connectivity index (χ4v) is 2.69. The van der Waals surface area contributed by atoms with Crippen LogP contribution in [0, 0.1) is 5.92 Å². The quantitative estimate of drug-likeness (QED) is 0.618. The van der Waals surface area contributed by atoms with Crippen molar-refractivity contribution in [3.8, 4) is 0 Å². The molecule has 0 aromatic heterocycles. The van der Waals surface area contributed by atoms with Crippen molar-refractivity contribution < 1.29 is 35.9 Å². The third-order valence-corrected chi connectivity index (χ3v) is 4.16. The van der Waals surface area contributed by atoms with E-state index in [0.29, 0.717) is 12.1 Å². The van der Waals surface area contributed by atoms with Crippen LogP contribution in [0.3, 0.4) is 0 Å². The number of benzene rings is 1. The Kier molecular flexibility index (Phi) is 6.50. The smallest absolute Gasteiger partial charge is 0.416 e. The van der Waals surface area contributed by atoms with E-state index in [1.54, 1.807) is 0 Å². The molecule has 0 aliphatic carbocycles. The largest absolute Gasteiger partial charge is 0.468 e. The summed E-state index contributed by atoms with van der Waals surface area (Å²) in [6.45, 7) is 2.70. The molecule has 0 fully saturated rings. The topological polar surface area (TPSA) is 52.3 Å². The number of halogens is 6. The summed E-state index contributed by atoms with van der Waals surface area (Å²) in [7, 11) is 1.09. The van der Waals surface area contributed by atoms with Gasteiger partial charge in [0.1, 0.15) is 6.04 Å². The normalized spacial score (nSPS) is 16.2. The number of hydrogen-bond donors (Lipinski definition) is 1. The Bertz CT molecular complexity index is 579. The van der Waals surface area contributed by atoms with Crippen molar-refractivity contribution in [3.63, 3.8) is 0 Å². The molecule has 0 saturated carbocycles. The summed E-state index contributed by atoms with van der Waals surface area (Å²) in [5.74, 6) is -2.64. The zero-order valence-corrected chi connectivity index (χ0v) is 13.8. The van der Waals surface area contributed by atoms with Crippen molar-refractivity contribution >= 4 is 5.97 Å². The highest BCUT2D eigenvalue weighted by Crippen LogP contribution is 2.44. The lowest BCUT2D eigenvalue weighted by Crippen LogP contribution is -2.34. The lowest BCUT2D eigenvalue weighted by molar-refractivity contribution is -0.145. The number of rotatable bonds is 5. The summed E-state index contributed by atoms with van der Waals surface area (Å²) >= 11 is 0. The maximum atomic E-state index is 13.2. The number of esters is 1. The van der Waals surface area contributed by atoms with E-state index in [9.17, 15) is 31.1 Å². The molecule has 3 unspecified atom stereocenters. The van der Waals surface area contributed by atoms with Gasteiger partial charge >= 0.3 is 18.3 Å². The van der Waals surface area contributed by atoms with Gasteiger partial charge in [-0.3, -0.25) is 4.79 Å². The molecule has 1 aromatic carbocycles. The summed E-state index contributed by atoms with van der Waals surface area (Å²) in [6, 6.07) is 0.837. The van der Waals surface area contributed by atoms with Crippen LogP contribution in [-0.2, 0) is 21.9 Å². The first-order valence-electron chi connectivity index (χ1n) is 7.41. The van der Waals surface area contributed by atoms with Gasteiger partial charge in [0, 0.05) is 0 Å². The number of methoxy groups -OCH3 is 1. The first kappa shape index (κ1) is 21.3. The molecule has 0 bridgehead atoms. The number of carbonyl (C=O) groups is 1. The minimum absolute atomic E-state index is 0.114. The molecule has 3 atom stereocenters. The number of hydrogen-bond acceptors (Lipinski definition) is 3. The highest BCUT2D eigenvalue weighted by Gasteiger charge is 2.42. The molecule has 1 rings (SSSR count). The van der Waals surface area contributed by atoms with Crippen LogP contribution in [0.4, 0.5) is 26.3 Å². The molecule has 142 valence electrons. The van der Waals surface area contributed by atoms with Gasteiger partial charge < -0.3 is 10.5 Å². The molecule has 0 aliphatic rings. The zero-order chi connectivity index (χ0) is 19.6. The van der Waals surface area contributed by atoms with Crippen molar-refractivity contribution in [2.45, 2.75) is 44.6 Å². The van der Waals surface area contributed by atoms with Crippen molar-refractivity contribution in [1.82, 2.24) is 0 Å². The molecule has 0 aliphatic heterocycles. The Balaban J connectivity index is 3.35. The van der Waals surface area contributed by atoms with Crippen LogP contribution in [0.25, 0.3) is 0 Å². The van der Waals surface area contributed by atoms with Gasteiger partial charge in [-0.05, 0) is 36.0 Å². The number of alkyl halides is 6. The van der Waals surface area contributed by atoms with E-state index in [4.69, 9.17) is 5.73 Å². The van der Waals surface area contributed by atoms with Crippen molar-refractivity contribution in [3.05, 3.63) is 34.9 Å². The SMILES string of the molecule is COC(=O)C(N)CC(C)C(C)c1c(C(F)(F)F)cccc1C(F)(F)F. The van der Waals surface area contributed by atoms with Gasteiger partial charge in [-0.2, -0.15) is 26.3 Å². The molecule has 25 heavy (non-hydrogen) atoms. The predicted molar refractivity (Wildman–Crippen MR) is 78.6 cm³/mol. The van der Waals surface area contributed by atoms with E-state index in [1.807, 2.05) is 0 Å². The van der Waals surface area contributed by atoms with Crippen molar-refractivity contribution in [1.29, 1.82) is 0 Å². The van der Waals surface area contributed by atoms with Crippen LogP contribution >= 0.6 is 0 Å². The maximum Gasteiger partial charge on any atom is 0.416 e. The third-order valence-electron chi connectivity index (χ3n) is 4.16. The predicted octanol–water partition coefficient (Wildman–Crippen LogP) is 4.35. The minimum atomic E-state index is -4.94. The summed E-state index contributed by atoms with van der Waals surface area (Å²) in [5.41, 5.74) is 2.05. The summed E-state index contributed by atoms with van der Waals surface area (Å²) in [4.78, 5) is 11.4. The Morgan fingerprint density at radius 2 is 1.52 bits per heavy atom. The number of nitrogens with two attached hydrogens (primary N) is 1. The van der Waals surface area contributed by atoms with E-state index in [1.165, 1.54) is 13.8 Å². The van der Waals surface area contributed by atoms with E-state index in [-0.39, 0.29) is 6.42 Å². The van der Waals surface area contributed by atoms with Crippen LogP contribution in [-0.4, -0.2) is 19.1 Å². The molecule has 0 radical (unpaired) electrons. The Morgan fingerprint density at radius 3 is 1.88 bits per heavy atom. The first-order chi connectivity index (χ1) is 11.3. The Morgan fingerprint density at radius 1 is 1.08 bits per heavy atom. The summed E-state index contributed by atoms with van der Waals surface area (Å²) < 4.78 is 83.7. The zero-order valence-electron chi connectivity index (χ0n) is 13.8. The fourth-order valence-electron chi connectivity index (χ4n) is 2.69. The van der Waals surface area contributed by atoms with E-state index >= 15 is 0 Å². The maximum absolute atomic E-state index is 13.2. The van der Waals surface area contributed by atoms with Gasteiger partial charge in [0.05, 0.1) is 18.2 Å². The van der Waals surface area contributed by atoms with Crippen LogP contribution in [0.2, 0.25) is 0 Å². The van der Waals surface area contributed by atoms with Gasteiger partial charge in [0.2, 0.25) is 0 Å². The van der Waals surface area contributed by atoms with Gasteiger partial charge in [0.25, 0.3) is 0 Å².